The van der Waals surface area contributed by atoms with Gasteiger partial charge in [0.25, 0.3) is 0 Å². The van der Waals surface area contributed by atoms with Gasteiger partial charge in [-0.1, -0.05) is 31.4 Å². The summed E-state index contributed by atoms with van der Waals surface area (Å²) < 4.78 is 26.8. The fraction of sp³-hybridized carbons (Fsp3) is 0.688. The molecule has 1 aromatic rings. The minimum Gasteiger partial charge on any atom is -0.350 e. The van der Waals surface area contributed by atoms with Crippen LogP contribution in [0, 0.1) is 0 Å². The number of nitrogens with zero attached hydrogens (tertiary/aromatic N) is 2. The van der Waals surface area contributed by atoms with Crippen LogP contribution in [0.15, 0.2) is 12.1 Å². The molecule has 0 unspecified atom stereocenters. The molecule has 1 aliphatic heterocycles. The highest BCUT2D eigenvalue weighted by molar-refractivity contribution is 7.89. The highest BCUT2D eigenvalue weighted by atomic mass is 35.5. The first kappa shape index (κ1) is 20.6. The second kappa shape index (κ2) is 9.87. The van der Waals surface area contributed by atoms with E-state index in [-0.39, 0.29) is 11.7 Å². The maximum atomic E-state index is 12.3. The molecule has 25 heavy (non-hydrogen) atoms. The molecule has 6 nitrogen and oxygen atoms in total. The predicted molar refractivity (Wildman–Crippen MR) is 103 cm³/mol. The van der Waals surface area contributed by atoms with Crippen LogP contribution in [-0.2, 0) is 21.4 Å². The number of amides is 1. The van der Waals surface area contributed by atoms with E-state index in [0.29, 0.717) is 50.0 Å². The summed E-state index contributed by atoms with van der Waals surface area (Å²) >= 11 is 7.32. The van der Waals surface area contributed by atoms with Gasteiger partial charge in [0.05, 0.1) is 23.2 Å². The van der Waals surface area contributed by atoms with Gasteiger partial charge < -0.3 is 5.32 Å². The zero-order chi connectivity index (χ0) is 18.3. The molecule has 1 amide bonds. The average Bonchev–Trinajstić information content (AvgIpc) is 2.99. The first-order valence-electron chi connectivity index (χ1n) is 8.62. The molecule has 0 bridgehead atoms. The van der Waals surface area contributed by atoms with Gasteiger partial charge in [-0.3, -0.25) is 9.69 Å². The molecule has 9 heteroatoms. The van der Waals surface area contributed by atoms with E-state index in [9.17, 15) is 13.2 Å². The Hall–Kier alpha value is -0.670. The second-order valence-corrected chi connectivity index (χ2v) is 10.1. The molecule has 0 saturated carbocycles. The van der Waals surface area contributed by atoms with E-state index >= 15 is 0 Å². The quantitative estimate of drug-likeness (QED) is 0.637. The van der Waals surface area contributed by atoms with E-state index in [1.54, 1.807) is 4.31 Å². The lowest BCUT2D eigenvalue weighted by molar-refractivity contribution is -0.122. The minimum atomic E-state index is -3.16. The molecule has 142 valence electrons. The molecule has 2 heterocycles. The van der Waals surface area contributed by atoms with E-state index in [2.05, 4.69) is 12.2 Å². The third-order valence-corrected chi connectivity index (χ3v) is 7.37. The van der Waals surface area contributed by atoms with Crippen LogP contribution in [0.4, 0.5) is 0 Å². The predicted octanol–water partition coefficient (Wildman–Crippen LogP) is 2.16. The van der Waals surface area contributed by atoms with Crippen molar-refractivity contribution in [3.8, 4) is 0 Å². The summed E-state index contributed by atoms with van der Waals surface area (Å²) in [6, 6.07) is 3.71. The van der Waals surface area contributed by atoms with Crippen molar-refractivity contribution in [2.75, 3.05) is 38.5 Å². The first-order valence-corrected chi connectivity index (χ1v) is 11.4. The van der Waals surface area contributed by atoms with E-state index in [1.165, 1.54) is 11.3 Å². The molecule has 0 atom stereocenters. The number of rotatable bonds is 9. The molecule has 0 aromatic carbocycles. The lowest BCUT2D eigenvalue weighted by atomic mass is 10.3. The fourth-order valence-corrected chi connectivity index (χ4v) is 5.29. The number of halogens is 1. The van der Waals surface area contributed by atoms with Crippen molar-refractivity contribution in [1.29, 1.82) is 0 Å². The largest absolute Gasteiger partial charge is 0.350 e. The van der Waals surface area contributed by atoms with Crippen molar-refractivity contribution in [3.63, 3.8) is 0 Å². The standard InChI is InChI=1S/C16H26ClN3O3S2/c1-2-3-4-11-25(22,23)20-9-7-19(8-10-20)13-16(21)18-12-14-5-6-15(17)24-14/h5-6H,2-4,7-13H2,1H3,(H,18,21). The van der Waals surface area contributed by atoms with Gasteiger partial charge in [0.1, 0.15) is 0 Å². The normalized spacial score (nSPS) is 16.9. The molecule has 1 N–H and O–H groups in total. The maximum absolute atomic E-state index is 12.3. The number of sulfonamides is 1. The molecule has 1 saturated heterocycles. The number of hydrogen-bond donors (Lipinski definition) is 1. The van der Waals surface area contributed by atoms with Crippen molar-refractivity contribution >= 4 is 38.9 Å². The number of hydrogen-bond acceptors (Lipinski definition) is 5. The Balaban J connectivity index is 1.69. The molecule has 0 aliphatic carbocycles. The van der Waals surface area contributed by atoms with E-state index in [4.69, 9.17) is 11.6 Å². The van der Waals surface area contributed by atoms with Gasteiger partial charge in [0.15, 0.2) is 0 Å². The van der Waals surface area contributed by atoms with Crippen molar-refractivity contribution in [3.05, 3.63) is 21.3 Å². The van der Waals surface area contributed by atoms with Crippen LogP contribution in [0.2, 0.25) is 4.34 Å². The fourth-order valence-electron chi connectivity index (χ4n) is 2.72. The third-order valence-electron chi connectivity index (χ3n) is 4.19. The number of unbranched alkanes of at least 4 members (excludes halogenated alkanes) is 2. The van der Waals surface area contributed by atoms with Crippen LogP contribution in [0.5, 0.6) is 0 Å². The van der Waals surface area contributed by atoms with Gasteiger partial charge in [0.2, 0.25) is 15.9 Å². The summed E-state index contributed by atoms with van der Waals surface area (Å²) in [5.74, 6) is 0.175. The molecule has 1 fully saturated rings. The molecular weight excluding hydrogens is 382 g/mol. The Morgan fingerprint density at radius 3 is 2.56 bits per heavy atom. The third kappa shape index (κ3) is 6.86. The smallest absolute Gasteiger partial charge is 0.234 e. The number of thiophene rings is 1. The summed E-state index contributed by atoms with van der Waals surface area (Å²) in [5.41, 5.74) is 0. The van der Waals surface area contributed by atoms with E-state index in [0.717, 1.165) is 17.7 Å². The molecule has 0 spiro atoms. The Kier molecular flexibility index (Phi) is 8.15. The molecule has 2 rings (SSSR count). The number of piperazine rings is 1. The summed E-state index contributed by atoms with van der Waals surface area (Å²) in [4.78, 5) is 15.0. The zero-order valence-electron chi connectivity index (χ0n) is 14.5. The summed E-state index contributed by atoms with van der Waals surface area (Å²) in [6.45, 7) is 4.93. The maximum Gasteiger partial charge on any atom is 0.234 e. The average molecular weight is 408 g/mol. The van der Waals surface area contributed by atoms with E-state index in [1.807, 2.05) is 17.0 Å². The van der Waals surface area contributed by atoms with Gasteiger partial charge in [-0.2, -0.15) is 4.31 Å². The molecular formula is C16H26ClN3O3S2. The molecule has 1 aromatic heterocycles. The van der Waals surface area contributed by atoms with Crippen molar-refractivity contribution < 1.29 is 13.2 Å². The van der Waals surface area contributed by atoms with Crippen molar-refractivity contribution in [2.24, 2.45) is 0 Å². The van der Waals surface area contributed by atoms with Gasteiger partial charge in [-0.25, -0.2) is 8.42 Å². The lowest BCUT2D eigenvalue weighted by Crippen LogP contribution is -2.51. The van der Waals surface area contributed by atoms with Crippen molar-refractivity contribution in [1.82, 2.24) is 14.5 Å². The van der Waals surface area contributed by atoms with Crippen LogP contribution in [0.3, 0.4) is 0 Å². The monoisotopic (exact) mass is 407 g/mol. The second-order valence-electron chi connectivity index (χ2n) is 6.18. The van der Waals surface area contributed by atoms with Crippen LogP contribution >= 0.6 is 22.9 Å². The lowest BCUT2D eigenvalue weighted by Gasteiger charge is -2.33. The Labute approximate surface area is 159 Å². The Morgan fingerprint density at radius 2 is 1.96 bits per heavy atom. The summed E-state index contributed by atoms with van der Waals surface area (Å²) in [7, 11) is -3.16. The van der Waals surface area contributed by atoms with Gasteiger partial charge in [-0.05, 0) is 18.6 Å². The first-order chi connectivity index (χ1) is 11.9. The van der Waals surface area contributed by atoms with Crippen LogP contribution in [0.25, 0.3) is 0 Å². The number of nitrogens with one attached hydrogen (secondary N) is 1. The van der Waals surface area contributed by atoms with Crippen LogP contribution in [0.1, 0.15) is 31.1 Å². The van der Waals surface area contributed by atoms with Gasteiger partial charge in [0, 0.05) is 31.1 Å². The number of carbonyl (C=O) groups is 1. The highest BCUT2D eigenvalue weighted by Gasteiger charge is 2.27. The minimum absolute atomic E-state index is 0.0521. The SMILES string of the molecule is CCCCCS(=O)(=O)N1CCN(CC(=O)NCc2ccc(Cl)s2)CC1. The van der Waals surface area contributed by atoms with E-state index < -0.39 is 10.0 Å². The highest BCUT2D eigenvalue weighted by Crippen LogP contribution is 2.21. The molecule has 1 aliphatic rings. The van der Waals surface area contributed by atoms with Gasteiger partial charge >= 0.3 is 0 Å². The Morgan fingerprint density at radius 1 is 1.24 bits per heavy atom. The number of carbonyl (C=O) groups excluding carboxylic acids is 1. The van der Waals surface area contributed by atoms with Gasteiger partial charge in [-0.15, -0.1) is 11.3 Å². The summed E-state index contributed by atoms with van der Waals surface area (Å²) in [6.07, 6.45) is 2.67. The van der Waals surface area contributed by atoms with Crippen molar-refractivity contribution in [2.45, 2.75) is 32.7 Å². The topological polar surface area (TPSA) is 69.7 Å². The zero-order valence-corrected chi connectivity index (χ0v) is 16.9. The molecule has 0 radical (unpaired) electrons. The van der Waals surface area contributed by atoms with Crippen LogP contribution in [-0.4, -0.2) is 62.0 Å². The summed E-state index contributed by atoms with van der Waals surface area (Å²) in [5, 5.41) is 2.87. The Bertz CT molecular complexity index is 655. The van der Waals surface area contributed by atoms with Crippen LogP contribution < -0.4 is 5.32 Å².